The summed E-state index contributed by atoms with van der Waals surface area (Å²) in [5.41, 5.74) is -2.14. The van der Waals surface area contributed by atoms with Crippen LogP contribution >= 0.6 is 0 Å². The minimum absolute atomic E-state index is 0.0305. The molecule has 162 valence electrons. The fourth-order valence-corrected chi connectivity index (χ4v) is 3.88. The summed E-state index contributed by atoms with van der Waals surface area (Å²) in [6.07, 6.45) is -9.75. The molecular weight excluding hydrogens is 428 g/mol. The number of amides is 1. The molecule has 2 aliphatic heterocycles. The van der Waals surface area contributed by atoms with Crippen LogP contribution in [0.2, 0.25) is 0 Å². The Morgan fingerprint density at radius 3 is 2.13 bits per heavy atom. The lowest BCUT2D eigenvalue weighted by Gasteiger charge is -2.32. The SMILES string of the molecule is O=C1OCC2=C1C(c1ccccc1C(F)(F)F)CC(=O)N2c1ccc(C(F)(F)F)cc1. The van der Waals surface area contributed by atoms with Gasteiger partial charge in [0.05, 0.1) is 22.4 Å². The topological polar surface area (TPSA) is 46.6 Å². The first-order valence-electron chi connectivity index (χ1n) is 9.05. The molecule has 0 radical (unpaired) electrons. The van der Waals surface area contributed by atoms with E-state index in [1.807, 2.05) is 0 Å². The molecule has 10 heteroatoms. The summed E-state index contributed by atoms with van der Waals surface area (Å²) in [5.74, 6) is -2.69. The number of esters is 1. The number of nitrogens with zero attached hydrogens (tertiary/aromatic N) is 1. The molecule has 2 aromatic rings. The molecule has 2 heterocycles. The summed E-state index contributed by atoms with van der Waals surface area (Å²) in [5, 5.41) is 0. The van der Waals surface area contributed by atoms with E-state index in [2.05, 4.69) is 0 Å². The van der Waals surface area contributed by atoms with E-state index in [0.29, 0.717) is 0 Å². The molecule has 0 aromatic heterocycles. The first-order valence-corrected chi connectivity index (χ1v) is 9.05. The van der Waals surface area contributed by atoms with Gasteiger partial charge < -0.3 is 4.74 Å². The third-order valence-corrected chi connectivity index (χ3v) is 5.21. The van der Waals surface area contributed by atoms with Crippen molar-refractivity contribution in [3.63, 3.8) is 0 Å². The number of alkyl halides is 6. The monoisotopic (exact) mass is 441 g/mol. The molecule has 0 aliphatic carbocycles. The summed E-state index contributed by atoms with van der Waals surface area (Å²) in [7, 11) is 0. The maximum Gasteiger partial charge on any atom is 0.416 e. The quantitative estimate of drug-likeness (QED) is 0.484. The molecule has 0 spiro atoms. The van der Waals surface area contributed by atoms with Crippen LogP contribution in [0.15, 0.2) is 59.8 Å². The Morgan fingerprint density at radius 2 is 1.52 bits per heavy atom. The van der Waals surface area contributed by atoms with E-state index in [1.165, 1.54) is 18.2 Å². The number of ether oxygens (including phenoxy) is 1. The maximum absolute atomic E-state index is 13.5. The average Bonchev–Trinajstić information content (AvgIpc) is 3.07. The Hall–Kier alpha value is -3.30. The summed E-state index contributed by atoms with van der Waals surface area (Å²) in [6.45, 7) is -0.369. The van der Waals surface area contributed by atoms with Gasteiger partial charge in [-0.2, -0.15) is 26.3 Å². The zero-order valence-electron chi connectivity index (χ0n) is 15.6. The van der Waals surface area contributed by atoms with E-state index in [9.17, 15) is 35.9 Å². The molecule has 0 saturated heterocycles. The largest absolute Gasteiger partial charge is 0.456 e. The van der Waals surface area contributed by atoms with Crippen molar-refractivity contribution in [2.75, 3.05) is 11.5 Å². The van der Waals surface area contributed by atoms with Crippen molar-refractivity contribution in [1.82, 2.24) is 0 Å². The smallest absolute Gasteiger partial charge is 0.416 e. The van der Waals surface area contributed by atoms with E-state index in [-0.39, 0.29) is 29.1 Å². The predicted octanol–water partition coefficient (Wildman–Crippen LogP) is 5.06. The van der Waals surface area contributed by atoms with Crippen LogP contribution in [0.5, 0.6) is 0 Å². The first kappa shape index (κ1) is 21.0. The Morgan fingerprint density at radius 1 is 0.871 bits per heavy atom. The molecule has 4 nitrogen and oxygen atoms in total. The molecule has 2 aromatic carbocycles. The lowest BCUT2D eigenvalue weighted by molar-refractivity contribution is -0.139. The van der Waals surface area contributed by atoms with Crippen LogP contribution in [-0.4, -0.2) is 18.5 Å². The molecular formula is C21H13F6NO3. The first-order chi connectivity index (χ1) is 14.5. The van der Waals surface area contributed by atoms with Gasteiger partial charge in [0, 0.05) is 18.0 Å². The second-order valence-corrected chi connectivity index (χ2v) is 7.05. The van der Waals surface area contributed by atoms with Gasteiger partial charge in [-0.05, 0) is 35.9 Å². The van der Waals surface area contributed by atoms with E-state index in [1.54, 1.807) is 0 Å². The number of anilines is 1. The molecule has 2 aliphatic rings. The lowest BCUT2D eigenvalue weighted by atomic mass is 9.82. The summed E-state index contributed by atoms with van der Waals surface area (Å²) < 4.78 is 84.0. The van der Waals surface area contributed by atoms with Crippen LogP contribution in [0.3, 0.4) is 0 Å². The highest BCUT2D eigenvalue weighted by molar-refractivity contribution is 6.06. The van der Waals surface area contributed by atoms with E-state index < -0.39 is 47.7 Å². The molecule has 0 fully saturated rings. The molecule has 1 atom stereocenters. The van der Waals surface area contributed by atoms with Gasteiger partial charge in [-0.15, -0.1) is 0 Å². The van der Waals surface area contributed by atoms with E-state index in [4.69, 9.17) is 4.74 Å². The van der Waals surface area contributed by atoms with Gasteiger partial charge in [0.2, 0.25) is 5.91 Å². The highest BCUT2D eigenvalue weighted by Crippen LogP contribution is 2.45. The fourth-order valence-electron chi connectivity index (χ4n) is 3.88. The molecule has 1 unspecified atom stereocenters. The third kappa shape index (κ3) is 3.66. The molecule has 4 rings (SSSR count). The molecule has 31 heavy (non-hydrogen) atoms. The minimum Gasteiger partial charge on any atom is -0.456 e. The van der Waals surface area contributed by atoms with Crippen molar-refractivity contribution in [3.8, 4) is 0 Å². The number of cyclic esters (lactones) is 1. The van der Waals surface area contributed by atoms with Crippen LogP contribution in [0, 0.1) is 0 Å². The zero-order valence-corrected chi connectivity index (χ0v) is 15.6. The number of hydrogen-bond acceptors (Lipinski definition) is 3. The normalized spacial score (nSPS) is 19.5. The lowest BCUT2D eigenvalue weighted by Crippen LogP contribution is -2.38. The number of hydrogen-bond donors (Lipinski definition) is 0. The summed E-state index contributed by atoms with van der Waals surface area (Å²) in [6, 6.07) is 8.34. The number of carbonyl (C=O) groups excluding carboxylic acids is 2. The Labute approximate surface area is 171 Å². The van der Waals surface area contributed by atoms with Crippen molar-refractivity contribution >= 4 is 17.6 Å². The fraction of sp³-hybridized carbons (Fsp3) is 0.238. The number of rotatable bonds is 2. The highest BCUT2D eigenvalue weighted by Gasteiger charge is 2.46. The van der Waals surface area contributed by atoms with Crippen molar-refractivity contribution in [2.24, 2.45) is 0 Å². The standard InChI is InChI=1S/C21H13F6NO3/c22-20(23,24)11-5-7-12(8-6-11)28-16-10-31-19(30)18(16)14(9-17(28)29)13-3-1-2-4-15(13)21(25,26)27/h1-8,14H,9-10H2. The molecule has 0 N–H and O–H groups in total. The Kier molecular flexibility index (Phi) is 4.83. The Bertz CT molecular complexity index is 1090. The van der Waals surface area contributed by atoms with Crippen molar-refractivity contribution in [1.29, 1.82) is 0 Å². The number of carbonyl (C=O) groups is 2. The number of halogens is 6. The predicted molar refractivity (Wildman–Crippen MR) is 95.7 cm³/mol. The van der Waals surface area contributed by atoms with Gasteiger partial charge in [-0.3, -0.25) is 9.69 Å². The Balaban J connectivity index is 1.81. The second kappa shape index (κ2) is 7.14. The van der Waals surface area contributed by atoms with Gasteiger partial charge in [-0.25, -0.2) is 4.79 Å². The zero-order chi connectivity index (χ0) is 22.6. The van der Waals surface area contributed by atoms with Crippen molar-refractivity contribution in [3.05, 3.63) is 76.5 Å². The van der Waals surface area contributed by atoms with Crippen molar-refractivity contribution in [2.45, 2.75) is 24.7 Å². The van der Waals surface area contributed by atoms with Gasteiger partial charge >= 0.3 is 18.3 Å². The summed E-state index contributed by atoms with van der Waals surface area (Å²) >= 11 is 0. The van der Waals surface area contributed by atoms with E-state index >= 15 is 0 Å². The van der Waals surface area contributed by atoms with Gasteiger partial charge in [0.15, 0.2) is 0 Å². The summed E-state index contributed by atoms with van der Waals surface area (Å²) in [4.78, 5) is 26.3. The van der Waals surface area contributed by atoms with Crippen LogP contribution in [-0.2, 0) is 26.7 Å². The number of benzene rings is 2. The molecule has 1 amide bonds. The van der Waals surface area contributed by atoms with Gasteiger partial charge in [-0.1, -0.05) is 18.2 Å². The van der Waals surface area contributed by atoms with Gasteiger partial charge in [0.25, 0.3) is 0 Å². The average molecular weight is 441 g/mol. The molecule has 0 bridgehead atoms. The second-order valence-electron chi connectivity index (χ2n) is 7.05. The maximum atomic E-state index is 13.5. The minimum atomic E-state index is -4.70. The van der Waals surface area contributed by atoms with Crippen molar-refractivity contribution < 1.29 is 40.7 Å². The third-order valence-electron chi connectivity index (χ3n) is 5.21. The van der Waals surface area contributed by atoms with Crippen LogP contribution in [0.1, 0.15) is 29.0 Å². The van der Waals surface area contributed by atoms with Crippen LogP contribution in [0.25, 0.3) is 0 Å². The van der Waals surface area contributed by atoms with Gasteiger partial charge in [0.1, 0.15) is 6.61 Å². The molecule has 0 saturated carbocycles. The van der Waals surface area contributed by atoms with E-state index in [0.717, 1.165) is 35.2 Å². The van der Waals surface area contributed by atoms with Crippen LogP contribution < -0.4 is 4.90 Å². The van der Waals surface area contributed by atoms with Crippen LogP contribution in [0.4, 0.5) is 32.0 Å². The highest BCUT2D eigenvalue weighted by atomic mass is 19.4.